The Morgan fingerprint density at radius 3 is 2.55 bits per heavy atom. The van der Waals surface area contributed by atoms with E-state index in [1.165, 1.54) is 59.2 Å². The fourth-order valence-corrected chi connectivity index (χ4v) is 4.30. The van der Waals surface area contributed by atoms with Gasteiger partial charge in [-0.05, 0) is 54.7 Å². The topological polar surface area (TPSA) is 26.0 Å². The molecule has 1 nitrogen and oxygen atoms in total. The first-order valence-corrected chi connectivity index (χ1v) is 8.52. The number of nitrogen functional groups attached to an aromatic ring is 1. The number of rotatable bonds is 3. The number of hydrogen-bond donors (Lipinski definition) is 1. The molecule has 0 saturated heterocycles. The molecule has 20 heavy (non-hydrogen) atoms. The molecule has 106 valence electrons. The predicted molar refractivity (Wildman–Crippen MR) is 89.5 cm³/mol. The van der Waals surface area contributed by atoms with Gasteiger partial charge in [-0.15, -0.1) is 11.3 Å². The lowest BCUT2D eigenvalue weighted by molar-refractivity contribution is 0.698. The van der Waals surface area contributed by atoms with Gasteiger partial charge in [0, 0.05) is 10.4 Å². The van der Waals surface area contributed by atoms with Gasteiger partial charge in [0.2, 0.25) is 0 Å². The normalized spacial score (nSPS) is 15.9. The molecule has 2 aromatic rings. The van der Waals surface area contributed by atoms with Crippen LogP contribution in [0.1, 0.15) is 55.0 Å². The van der Waals surface area contributed by atoms with Gasteiger partial charge in [0.1, 0.15) is 0 Å². The first-order valence-electron chi connectivity index (χ1n) is 7.71. The van der Waals surface area contributed by atoms with E-state index in [-0.39, 0.29) is 0 Å². The minimum Gasteiger partial charge on any atom is -0.390 e. The average Bonchev–Trinajstić information content (AvgIpc) is 2.82. The zero-order chi connectivity index (χ0) is 14.1. The van der Waals surface area contributed by atoms with Gasteiger partial charge in [-0.1, -0.05) is 38.1 Å². The molecule has 1 aliphatic rings. The third kappa shape index (κ3) is 2.37. The molecule has 0 bridgehead atoms. The second-order valence-electron chi connectivity index (χ2n) is 5.88. The van der Waals surface area contributed by atoms with Crippen LogP contribution in [-0.4, -0.2) is 0 Å². The fraction of sp³-hybridized carbons (Fsp3) is 0.444. The molecule has 0 amide bonds. The van der Waals surface area contributed by atoms with Crippen LogP contribution in [-0.2, 0) is 12.8 Å². The minimum atomic E-state index is 0.637. The molecule has 2 N–H and O–H groups in total. The first-order chi connectivity index (χ1) is 9.70. The molecule has 1 aromatic carbocycles. The summed E-state index contributed by atoms with van der Waals surface area (Å²) in [4.78, 5) is 1.52. The number of thiophene rings is 1. The van der Waals surface area contributed by atoms with Crippen LogP contribution >= 0.6 is 11.3 Å². The van der Waals surface area contributed by atoms with Crippen LogP contribution in [0.4, 0.5) is 5.00 Å². The molecular formula is C18H23NS. The average molecular weight is 285 g/mol. The summed E-state index contributed by atoms with van der Waals surface area (Å²) < 4.78 is 0. The van der Waals surface area contributed by atoms with Crippen molar-refractivity contribution in [3.05, 3.63) is 40.3 Å². The second kappa shape index (κ2) is 5.61. The van der Waals surface area contributed by atoms with E-state index >= 15 is 0 Å². The van der Waals surface area contributed by atoms with Crippen molar-refractivity contribution in [3.8, 4) is 11.1 Å². The molecule has 0 spiro atoms. The molecule has 0 radical (unpaired) electrons. The van der Waals surface area contributed by atoms with Crippen molar-refractivity contribution in [2.75, 3.05) is 5.73 Å². The zero-order valence-electron chi connectivity index (χ0n) is 12.4. The molecule has 3 rings (SSSR count). The number of fused-ring (bicyclic) bond motifs is 1. The molecule has 1 heterocycles. The molecule has 2 heteroatoms. The van der Waals surface area contributed by atoms with Gasteiger partial charge < -0.3 is 5.73 Å². The summed E-state index contributed by atoms with van der Waals surface area (Å²) in [6.07, 6.45) is 6.23. The lowest BCUT2D eigenvalue weighted by atomic mass is 9.91. The van der Waals surface area contributed by atoms with Crippen LogP contribution in [0.3, 0.4) is 0 Å². The van der Waals surface area contributed by atoms with Crippen LogP contribution in [0.25, 0.3) is 11.1 Å². The van der Waals surface area contributed by atoms with E-state index in [9.17, 15) is 0 Å². The van der Waals surface area contributed by atoms with E-state index in [1.807, 2.05) is 0 Å². The Hall–Kier alpha value is -1.28. The van der Waals surface area contributed by atoms with Gasteiger partial charge in [0.05, 0.1) is 5.00 Å². The molecule has 1 aromatic heterocycles. The predicted octanol–water partition coefficient (Wildman–Crippen LogP) is 5.39. The molecule has 1 unspecified atom stereocenters. The Bertz CT molecular complexity index is 595. The Morgan fingerprint density at radius 2 is 1.85 bits per heavy atom. The van der Waals surface area contributed by atoms with Gasteiger partial charge in [-0.2, -0.15) is 0 Å². The van der Waals surface area contributed by atoms with Crippen LogP contribution < -0.4 is 5.73 Å². The molecule has 1 atom stereocenters. The van der Waals surface area contributed by atoms with Crippen LogP contribution in [0.5, 0.6) is 0 Å². The molecular weight excluding hydrogens is 262 g/mol. The van der Waals surface area contributed by atoms with Gasteiger partial charge >= 0.3 is 0 Å². The van der Waals surface area contributed by atoms with Crippen molar-refractivity contribution in [2.24, 2.45) is 0 Å². The van der Waals surface area contributed by atoms with E-state index in [4.69, 9.17) is 5.73 Å². The number of hydrogen-bond acceptors (Lipinski definition) is 2. The van der Waals surface area contributed by atoms with Crippen molar-refractivity contribution < 1.29 is 0 Å². The third-order valence-corrected chi connectivity index (χ3v) is 5.70. The van der Waals surface area contributed by atoms with Crippen molar-refractivity contribution in [1.82, 2.24) is 0 Å². The number of aryl methyl sites for hydroxylation is 1. The van der Waals surface area contributed by atoms with E-state index < -0.39 is 0 Å². The highest BCUT2D eigenvalue weighted by Crippen LogP contribution is 2.42. The zero-order valence-corrected chi connectivity index (χ0v) is 13.2. The van der Waals surface area contributed by atoms with Crippen molar-refractivity contribution in [2.45, 2.75) is 51.9 Å². The Morgan fingerprint density at radius 1 is 1.15 bits per heavy atom. The van der Waals surface area contributed by atoms with Gasteiger partial charge in [-0.3, -0.25) is 0 Å². The van der Waals surface area contributed by atoms with Crippen LogP contribution in [0, 0.1) is 0 Å². The van der Waals surface area contributed by atoms with Gasteiger partial charge in [-0.25, -0.2) is 0 Å². The molecule has 1 aliphatic carbocycles. The molecule has 0 fully saturated rings. The third-order valence-electron chi connectivity index (χ3n) is 4.58. The Balaban J connectivity index is 1.99. The van der Waals surface area contributed by atoms with E-state index in [2.05, 4.69) is 38.1 Å². The lowest BCUT2D eigenvalue weighted by Crippen LogP contribution is -2.00. The van der Waals surface area contributed by atoms with Gasteiger partial charge in [0.15, 0.2) is 0 Å². The smallest absolute Gasteiger partial charge is 0.0941 e. The van der Waals surface area contributed by atoms with E-state index in [1.54, 1.807) is 11.3 Å². The lowest BCUT2D eigenvalue weighted by Gasteiger charge is -2.14. The van der Waals surface area contributed by atoms with Gasteiger partial charge in [0.25, 0.3) is 0 Å². The number of benzene rings is 1. The summed E-state index contributed by atoms with van der Waals surface area (Å²) in [7, 11) is 0. The SMILES string of the molecule is CCC(C)c1ccc(-c2c(N)sc3c2CCCC3)cc1. The van der Waals surface area contributed by atoms with Crippen LogP contribution in [0.2, 0.25) is 0 Å². The Kier molecular flexibility index (Phi) is 3.84. The van der Waals surface area contributed by atoms with Crippen molar-refractivity contribution in [3.63, 3.8) is 0 Å². The van der Waals surface area contributed by atoms with Crippen LogP contribution in [0.15, 0.2) is 24.3 Å². The van der Waals surface area contributed by atoms with Crippen molar-refractivity contribution >= 4 is 16.3 Å². The summed E-state index contributed by atoms with van der Waals surface area (Å²) in [5.74, 6) is 0.637. The maximum atomic E-state index is 6.30. The van der Waals surface area contributed by atoms with E-state index in [0.717, 1.165) is 5.00 Å². The molecule has 0 saturated carbocycles. The molecule has 0 aliphatic heterocycles. The maximum Gasteiger partial charge on any atom is 0.0941 e. The highest BCUT2D eigenvalue weighted by molar-refractivity contribution is 7.16. The number of anilines is 1. The monoisotopic (exact) mass is 285 g/mol. The standard InChI is InChI=1S/C18H23NS/c1-3-12(2)13-8-10-14(11-9-13)17-15-6-4-5-7-16(15)20-18(17)19/h8-12H,3-7,19H2,1-2H3. The van der Waals surface area contributed by atoms with Crippen molar-refractivity contribution in [1.29, 1.82) is 0 Å². The fourth-order valence-electron chi connectivity index (χ4n) is 3.12. The highest BCUT2D eigenvalue weighted by Gasteiger charge is 2.20. The second-order valence-corrected chi connectivity index (χ2v) is 7.02. The summed E-state index contributed by atoms with van der Waals surface area (Å²) in [6, 6.07) is 9.06. The summed E-state index contributed by atoms with van der Waals surface area (Å²) in [6.45, 7) is 4.53. The van der Waals surface area contributed by atoms with E-state index in [0.29, 0.717) is 5.92 Å². The summed E-state index contributed by atoms with van der Waals surface area (Å²) in [5.41, 5.74) is 11.9. The number of nitrogens with two attached hydrogens (primary N) is 1. The quantitative estimate of drug-likeness (QED) is 0.804. The summed E-state index contributed by atoms with van der Waals surface area (Å²) in [5, 5.41) is 1.01. The minimum absolute atomic E-state index is 0.637. The highest BCUT2D eigenvalue weighted by atomic mass is 32.1. The Labute approximate surface area is 125 Å². The summed E-state index contributed by atoms with van der Waals surface area (Å²) >= 11 is 1.80. The maximum absolute atomic E-state index is 6.30. The first kappa shape index (κ1) is 13.7. The largest absolute Gasteiger partial charge is 0.390 e.